The van der Waals surface area contributed by atoms with Crippen molar-refractivity contribution < 1.29 is 4.42 Å². The molecule has 0 unspecified atom stereocenters. The van der Waals surface area contributed by atoms with Crippen LogP contribution in [0.1, 0.15) is 25.8 Å². The van der Waals surface area contributed by atoms with Crippen molar-refractivity contribution in [2.75, 3.05) is 26.7 Å². The molecule has 19 heavy (non-hydrogen) atoms. The second kappa shape index (κ2) is 6.22. The van der Waals surface area contributed by atoms with Crippen LogP contribution in [0.25, 0.3) is 11.0 Å². The van der Waals surface area contributed by atoms with E-state index in [4.69, 9.17) is 4.42 Å². The molecule has 3 nitrogen and oxygen atoms in total. The molecule has 3 heteroatoms. The molecule has 1 aromatic carbocycles. The maximum absolute atomic E-state index is 5.64. The van der Waals surface area contributed by atoms with E-state index in [1.54, 1.807) is 0 Å². The lowest BCUT2D eigenvalue weighted by atomic mass is 9.84. The maximum Gasteiger partial charge on any atom is 0.134 e. The zero-order valence-electron chi connectivity index (χ0n) is 12.1. The maximum atomic E-state index is 5.64. The third kappa shape index (κ3) is 3.37. The number of para-hydroxylation sites is 1. The first kappa shape index (κ1) is 14.1. The Hall–Kier alpha value is -1.32. The minimum absolute atomic E-state index is 0.0756. The molecule has 0 saturated carbocycles. The van der Waals surface area contributed by atoms with Crippen LogP contribution in [0.4, 0.5) is 0 Å². The van der Waals surface area contributed by atoms with E-state index in [1.807, 2.05) is 25.4 Å². The number of fused-ring (bicyclic) bond motifs is 1. The lowest BCUT2D eigenvalue weighted by molar-refractivity contribution is 0.460. The number of benzene rings is 1. The van der Waals surface area contributed by atoms with Gasteiger partial charge in [-0.2, -0.15) is 0 Å². The average Bonchev–Trinajstić information content (AvgIpc) is 2.83. The van der Waals surface area contributed by atoms with Crippen molar-refractivity contribution in [2.45, 2.75) is 25.7 Å². The molecule has 0 bridgehead atoms. The fourth-order valence-electron chi connectivity index (χ4n) is 2.39. The van der Waals surface area contributed by atoms with E-state index < -0.39 is 0 Å². The van der Waals surface area contributed by atoms with E-state index in [1.165, 1.54) is 10.9 Å². The Labute approximate surface area is 115 Å². The van der Waals surface area contributed by atoms with Crippen molar-refractivity contribution in [3.63, 3.8) is 0 Å². The van der Waals surface area contributed by atoms with Gasteiger partial charge in [-0.15, -0.1) is 0 Å². The second-order valence-corrected chi connectivity index (χ2v) is 5.66. The van der Waals surface area contributed by atoms with Crippen molar-refractivity contribution >= 4 is 11.0 Å². The van der Waals surface area contributed by atoms with Crippen molar-refractivity contribution in [1.29, 1.82) is 0 Å². The fraction of sp³-hybridized carbons (Fsp3) is 0.500. The minimum atomic E-state index is 0.0756. The summed E-state index contributed by atoms with van der Waals surface area (Å²) in [5, 5.41) is 7.92. The van der Waals surface area contributed by atoms with Gasteiger partial charge in [-0.1, -0.05) is 32.0 Å². The van der Waals surface area contributed by atoms with Gasteiger partial charge in [0.25, 0.3) is 0 Å². The Kier molecular flexibility index (Phi) is 4.61. The molecule has 1 heterocycles. The van der Waals surface area contributed by atoms with Crippen LogP contribution in [0.15, 0.2) is 34.9 Å². The van der Waals surface area contributed by atoms with Gasteiger partial charge in [-0.25, -0.2) is 0 Å². The molecule has 0 amide bonds. The van der Waals surface area contributed by atoms with Gasteiger partial charge in [0.1, 0.15) is 5.58 Å². The Morgan fingerprint density at radius 1 is 1.16 bits per heavy atom. The van der Waals surface area contributed by atoms with Crippen molar-refractivity contribution in [3.8, 4) is 0 Å². The monoisotopic (exact) mass is 260 g/mol. The number of hydrogen-bond donors (Lipinski definition) is 2. The van der Waals surface area contributed by atoms with Crippen molar-refractivity contribution in [3.05, 3.63) is 36.1 Å². The molecule has 1 aromatic heterocycles. The first-order valence-corrected chi connectivity index (χ1v) is 6.97. The molecule has 0 radical (unpaired) electrons. The lowest BCUT2D eigenvalue weighted by Gasteiger charge is -2.24. The zero-order valence-corrected chi connectivity index (χ0v) is 12.1. The Morgan fingerprint density at radius 2 is 1.95 bits per heavy atom. The molecular formula is C16H24N2O. The number of furan rings is 1. The van der Waals surface area contributed by atoms with Crippen molar-refractivity contribution in [2.24, 2.45) is 0 Å². The van der Waals surface area contributed by atoms with Crippen LogP contribution in [0.2, 0.25) is 0 Å². The van der Waals surface area contributed by atoms with Gasteiger partial charge < -0.3 is 15.1 Å². The van der Waals surface area contributed by atoms with Gasteiger partial charge in [0.15, 0.2) is 0 Å². The molecule has 0 spiro atoms. The molecule has 0 aliphatic carbocycles. The molecule has 104 valence electrons. The molecule has 0 saturated heterocycles. The highest BCUT2D eigenvalue weighted by Crippen LogP contribution is 2.31. The fourth-order valence-corrected chi connectivity index (χ4v) is 2.39. The third-order valence-electron chi connectivity index (χ3n) is 3.56. The molecule has 0 atom stereocenters. The van der Waals surface area contributed by atoms with Gasteiger partial charge >= 0.3 is 0 Å². The SMILES string of the molecule is CNCCCNCC(C)(C)c1coc2ccccc12. The number of nitrogens with one attached hydrogen (secondary N) is 2. The minimum Gasteiger partial charge on any atom is -0.464 e. The van der Waals surface area contributed by atoms with Gasteiger partial charge in [-0.3, -0.25) is 0 Å². The summed E-state index contributed by atoms with van der Waals surface area (Å²) in [4.78, 5) is 0. The van der Waals surface area contributed by atoms with E-state index in [2.05, 4.69) is 36.6 Å². The van der Waals surface area contributed by atoms with Crippen LogP contribution in [0.5, 0.6) is 0 Å². The third-order valence-corrected chi connectivity index (χ3v) is 3.56. The molecule has 0 aliphatic rings. The van der Waals surface area contributed by atoms with Gasteiger partial charge in [-0.05, 0) is 32.6 Å². The molecule has 0 fully saturated rings. The van der Waals surface area contributed by atoms with Gasteiger partial charge in [0.05, 0.1) is 6.26 Å². The zero-order chi connectivity index (χ0) is 13.7. The summed E-state index contributed by atoms with van der Waals surface area (Å²) in [6.07, 6.45) is 3.05. The number of rotatable bonds is 7. The van der Waals surface area contributed by atoms with Crippen LogP contribution >= 0.6 is 0 Å². The van der Waals surface area contributed by atoms with E-state index in [0.717, 1.165) is 31.6 Å². The summed E-state index contributed by atoms with van der Waals surface area (Å²) in [5.41, 5.74) is 2.33. The quantitative estimate of drug-likeness (QED) is 0.752. The molecular weight excluding hydrogens is 236 g/mol. The highest BCUT2D eigenvalue weighted by atomic mass is 16.3. The molecule has 2 rings (SSSR count). The van der Waals surface area contributed by atoms with Gasteiger partial charge in [0, 0.05) is 22.9 Å². The summed E-state index contributed by atoms with van der Waals surface area (Å²) in [7, 11) is 1.99. The largest absolute Gasteiger partial charge is 0.464 e. The smallest absolute Gasteiger partial charge is 0.134 e. The standard InChI is InChI=1S/C16H24N2O/c1-16(2,12-18-10-6-9-17-3)14-11-19-15-8-5-4-7-13(14)15/h4-5,7-8,11,17-18H,6,9-10,12H2,1-3H3. The Morgan fingerprint density at radius 3 is 2.74 bits per heavy atom. The summed E-state index contributed by atoms with van der Waals surface area (Å²) in [5.74, 6) is 0. The number of hydrogen-bond acceptors (Lipinski definition) is 3. The highest BCUT2D eigenvalue weighted by molar-refractivity contribution is 5.82. The van der Waals surface area contributed by atoms with Crippen LogP contribution in [-0.4, -0.2) is 26.7 Å². The average molecular weight is 260 g/mol. The summed E-state index contributed by atoms with van der Waals surface area (Å²) in [6.45, 7) is 7.58. The topological polar surface area (TPSA) is 37.2 Å². The van der Waals surface area contributed by atoms with E-state index in [0.29, 0.717) is 0 Å². The second-order valence-electron chi connectivity index (χ2n) is 5.66. The molecule has 2 N–H and O–H groups in total. The van der Waals surface area contributed by atoms with Crippen LogP contribution in [0, 0.1) is 0 Å². The first-order valence-electron chi connectivity index (χ1n) is 6.97. The van der Waals surface area contributed by atoms with Gasteiger partial charge in [0.2, 0.25) is 0 Å². The predicted octanol–water partition coefficient (Wildman–Crippen LogP) is 2.91. The highest BCUT2D eigenvalue weighted by Gasteiger charge is 2.24. The van der Waals surface area contributed by atoms with E-state index >= 15 is 0 Å². The summed E-state index contributed by atoms with van der Waals surface area (Å²) < 4.78 is 5.64. The van der Waals surface area contributed by atoms with Crippen LogP contribution in [-0.2, 0) is 5.41 Å². The normalized spacial score (nSPS) is 12.2. The van der Waals surface area contributed by atoms with Crippen molar-refractivity contribution in [1.82, 2.24) is 10.6 Å². The molecule has 2 aromatic rings. The van der Waals surface area contributed by atoms with Crippen LogP contribution in [0.3, 0.4) is 0 Å². The van der Waals surface area contributed by atoms with E-state index in [9.17, 15) is 0 Å². The van der Waals surface area contributed by atoms with E-state index in [-0.39, 0.29) is 5.41 Å². The Balaban J connectivity index is 2.02. The lowest BCUT2D eigenvalue weighted by Crippen LogP contribution is -2.34. The summed E-state index contributed by atoms with van der Waals surface area (Å²) >= 11 is 0. The summed E-state index contributed by atoms with van der Waals surface area (Å²) in [6, 6.07) is 8.24. The first-order chi connectivity index (χ1) is 9.15. The Bertz CT molecular complexity index is 516. The predicted molar refractivity (Wildman–Crippen MR) is 80.7 cm³/mol. The van der Waals surface area contributed by atoms with Crippen LogP contribution < -0.4 is 10.6 Å². The molecule has 0 aliphatic heterocycles.